The van der Waals surface area contributed by atoms with Crippen LogP contribution in [-0.2, 0) is 18.5 Å². The van der Waals surface area contributed by atoms with E-state index in [2.05, 4.69) is 17.0 Å². The summed E-state index contributed by atoms with van der Waals surface area (Å²) in [6.45, 7) is 4.06. The molecule has 0 amide bonds. The fourth-order valence-electron chi connectivity index (χ4n) is 3.82. The molecule has 0 aliphatic carbocycles. The number of nitrogens with zero attached hydrogens (tertiary/aromatic N) is 3. The highest BCUT2D eigenvalue weighted by molar-refractivity contribution is 7.40. The number of aromatic nitrogens is 3. The van der Waals surface area contributed by atoms with E-state index < -0.39 is 14.9 Å². The molecule has 3 heterocycles. The topological polar surface area (TPSA) is 113 Å². The lowest BCUT2D eigenvalue weighted by Gasteiger charge is -2.17. The van der Waals surface area contributed by atoms with Crippen LogP contribution >= 0.6 is 8.60 Å². The van der Waals surface area contributed by atoms with E-state index in [0.717, 1.165) is 37.1 Å². The molecular formula is C22H37N4O5P. The van der Waals surface area contributed by atoms with Crippen molar-refractivity contribution in [3.8, 4) is 0 Å². The standard InChI is InChI=1S/C22H37N4O5P/c1-2-3-4-5-6-7-8-14-28-15-9-16-29-32(27)31-21-13-12-20(30-21)18-10-11-19-22(23)24-17-25-26(18)19/h10-11,17,20-21,27H,2-9,12-16H2,1H3,(H2,23,24,25). The molecule has 9 nitrogen and oxygen atoms in total. The van der Waals surface area contributed by atoms with Crippen molar-refractivity contribution in [2.75, 3.05) is 25.6 Å². The monoisotopic (exact) mass is 468 g/mol. The Hall–Kier alpha value is -1.35. The quantitative estimate of drug-likeness (QED) is 0.264. The largest absolute Gasteiger partial charge is 0.382 e. The van der Waals surface area contributed by atoms with E-state index in [1.54, 1.807) is 4.52 Å². The van der Waals surface area contributed by atoms with Gasteiger partial charge in [-0.25, -0.2) is 9.50 Å². The van der Waals surface area contributed by atoms with Gasteiger partial charge in [-0.15, -0.1) is 0 Å². The minimum Gasteiger partial charge on any atom is -0.382 e. The van der Waals surface area contributed by atoms with Crippen molar-refractivity contribution in [2.45, 2.75) is 83.5 Å². The second-order valence-corrected chi connectivity index (χ2v) is 9.04. The zero-order valence-corrected chi connectivity index (χ0v) is 19.9. The molecule has 0 radical (unpaired) electrons. The number of anilines is 1. The van der Waals surface area contributed by atoms with Crippen LogP contribution in [0.15, 0.2) is 18.5 Å². The Morgan fingerprint density at radius 2 is 1.88 bits per heavy atom. The Morgan fingerprint density at radius 3 is 2.72 bits per heavy atom. The molecule has 1 fully saturated rings. The summed E-state index contributed by atoms with van der Waals surface area (Å²) in [5.74, 6) is 0.427. The zero-order chi connectivity index (χ0) is 22.6. The highest BCUT2D eigenvalue weighted by atomic mass is 31.2. The maximum atomic E-state index is 10.1. The third kappa shape index (κ3) is 7.90. The molecule has 1 aliphatic heterocycles. The molecule has 3 N–H and O–H groups in total. The van der Waals surface area contributed by atoms with Crippen molar-refractivity contribution in [3.63, 3.8) is 0 Å². The minimum absolute atomic E-state index is 0.180. The Kier molecular flexibility index (Phi) is 11.1. The van der Waals surface area contributed by atoms with Crippen LogP contribution < -0.4 is 5.73 Å². The maximum Gasteiger partial charge on any atom is 0.332 e. The van der Waals surface area contributed by atoms with Gasteiger partial charge in [0.05, 0.1) is 12.3 Å². The molecular weight excluding hydrogens is 431 g/mol. The molecule has 0 spiro atoms. The number of ether oxygens (including phenoxy) is 2. The predicted octanol–water partition coefficient (Wildman–Crippen LogP) is 4.90. The van der Waals surface area contributed by atoms with Crippen molar-refractivity contribution in [1.82, 2.24) is 14.6 Å². The SMILES string of the molecule is CCCCCCCCCOCCCOP(O)OC1CCC(c2ccc3c(N)ncnn23)O1. The Labute approximate surface area is 191 Å². The van der Waals surface area contributed by atoms with Crippen molar-refractivity contribution in [2.24, 2.45) is 0 Å². The van der Waals surface area contributed by atoms with E-state index in [1.807, 2.05) is 12.1 Å². The molecule has 180 valence electrons. The van der Waals surface area contributed by atoms with Gasteiger partial charge in [-0.1, -0.05) is 45.4 Å². The first-order valence-electron chi connectivity index (χ1n) is 11.8. The van der Waals surface area contributed by atoms with Gasteiger partial charge in [0.1, 0.15) is 17.9 Å². The van der Waals surface area contributed by atoms with E-state index in [0.29, 0.717) is 25.5 Å². The highest BCUT2D eigenvalue weighted by Crippen LogP contribution is 2.42. The first kappa shape index (κ1) is 25.3. The third-order valence-corrected chi connectivity index (χ3v) is 6.38. The average Bonchev–Trinajstić information content (AvgIpc) is 3.42. The van der Waals surface area contributed by atoms with Gasteiger partial charge in [0.15, 0.2) is 12.1 Å². The van der Waals surface area contributed by atoms with Crippen LogP contribution in [0.25, 0.3) is 5.52 Å². The van der Waals surface area contributed by atoms with Crippen LogP contribution in [-0.4, -0.2) is 45.6 Å². The normalized spacial score (nSPS) is 19.7. The number of nitrogen functional groups attached to an aromatic ring is 1. The van der Waals surface area contributed by atoms with Crippen LogP contribution in [0.5, 0.6) is 0 Å². The smallest absolute Gasteiger partial charge is 0.332 e. The van der Waals surface area contributed by atoms with Crippen molar-refractivity contribution in [3.05, 3.63) is 24.2 Å². The molecule has 3 unspecified atom stereocenters. The number of nitrogens with two attached hydrogens (primary N) is 1. The van der Waals surface area contributed by atoms with Gasteiger partial charge < -0.3 is 24.6 Å². The van der Waals surface area contributed by atoms with Crippen LogP contribution in [0, 0.1) is 0 Å². The van der Waals surface area contributed by atoms with Crippen LogP contribution in [0.3, 0.4) is 0 Å². The molecule has 3 atom stereocenters. The molecule has 32 heavy (non-hydrogen) atoms. The average molecular weight is 469 g/mol. The van der Waals surface area contributed by atoms with Crippen LogP contribution in [0.2, 0.25) is 0 Å². The summed E-state index contributed by atoms with van der Waals surface area (Å²) >= 11 is 0. The molecule has 0 saturated carbocycles. The lowest BCUT2D eigenvalue weighted by Crippen LogP contribution is -2.11. The van der Waals surface area contributed by atoms with Gasteiger partial charge >= 0.3 is 8.60 Å². The van der Waals surface area contributed by atoms with Gasteiger partial charge in [0, 0.05) is 19.6 Å². The van der Waals surface area contributed by atoms with E-state index in [9.17, 15) is 4.89 Å². The molecule has 0 bridgehead atoms. The number of fused-ring (bicyclic) bond motifs is 1. The van der Waals surface area contributed by atoms with Crippen LogP contribution in [0.1, 0.15) is 82.9 Å². The highest BCUT2D eigenvalue weighted by Gasteiger charge is 2.31. The molecule has 2 aromatic rings. The fourth-order valence-corrected chi connectivity index (χ4v) is 4.52. The summed E-state index contributed by atoms with van der Waals surface area (Å²) < 4.78 is 24.3. The van der Waals surface area contributed by atoms with Gasteiger partial charge in [0.25, 0.3) is 0 Å². The number of rotatable bonds is 16. The summed E-state index contributed by atoms with van der Waals surface area (Å²) in [6.07, 6.45) is 11.8. The Bertz CT molecular complexity index is 793. The molecule has 3 rings (SSSR count). The first-order chi connectivity index (χ1) is 15.7. The summed E-state index contributed by atoms with van der Waals surface area (Å²) in [4.78, 5) is 14.1. The number of unbranched alkanes of at least 4 members (excludes halogenated alkanes) is 6. The lowest BCUT2D eigenvalue weighted by molar-refractivity contribution is -0.0825. The summed E-state index contributed by atoms with van der Waals surface area (Å²) in [5, 5.41) is 4.25. The Morgan fingerprint density at radius 1 is 1.09 bits per heavy atom. The Balaban J connectivity index is 1.23. The second-order valence-electron chi connectivity index (χ2n) is 8.10. The van der Waals surface area contributed by atoms with Crippen molar-refractivity contribution >= 4 is 19.9 Å². The van der Waals surface area contributed by atoms with Gasteiger partial charge in [-0.3, -0.25) is 4.52 Å². The maximum absolute atomic E-state index is 10.1. The van der Waals surface area contributed by atoms with Crippen molar-refractivity contribution < 1.29 is 23.4 Å². The van der Waals surface area contributed by atoms with Gasteiger partial charge in [-0.2, -0.15) is 5.10 Å². The van der Waals surface area contributed by atoms with E-state index in [4.69, 9.17) is 24.3 Å². The van der Waals surface area contributed by atoms with E-state index in [-0.39, 0.29) is 6.10 Å². The minimum atomic E-state index is -1.98. The molecule has 0 aromatic carbocycles. The molecule has 1 aliphatic rings. The molecule has 1 saturated heterocycles. The molecule has 10 heteroatoms. The van der Waals surface area contributed by atoms with Crippen molar-refractivity contribution in [1.29, 1.82) is 0 Å². The van der Waals surface area contributed by atoms with E-state index >= 15 is 0 Å². The zero-order valence-electron chi connectivity index (χ0n) is 19.0. The van der Waals surface area contributed by atoms with Gasteiger partial charge in [-0.05, 0) is 31.4 Å². The van der Waals surface area contributed by atoms with Crippen LogP contribution in [0.4, 0.5) is 5.82 Å². The van der Waals surface area contributed by atoms with E-state index in [1.165, 1.54) is 44.9 Å². The number of hydrogen-bond donors (Lipinski definition) is 2. The van der Waals surface area contributed by atoms with Gasteiger partial charge in [0.2, 0.25) is 0 Å². The number of hydrogen-bond acceptors (Lipinski definition) is 8. The lowest BCUT2D eigenvalue weighted by atomic mass is 10.1. The summed E-state index contributed by atoms with van der Waals surface area (Å²) in [5.41, 5.74) is 7.52. The first-order valence-corrected chi connectivity index (χ1v) is 12.9. The predicted molar refractivity (Wildman–Crippen MR) is 124 cm³/mol. The second kappa shape index (κ2) is 14.0. The summed E-state index contributed by atoms with van der Waals surface area (Å²) in [7, 11) is -1.98. The molecule has 2 aromatic heterocycles. The fraction of sp³-hybridized carbons (Fsp3) is 0.727. The summed E-state index contributed by atoms with van der Waals surface area (Å²) in [6, 6.07) is 3.80. The third-order valence-electron chi connectivity index (χ3n) is 5.56.